The summed E-state index contributed by atoms with van der Waals surface area (Å²) in [6.45, 7) is 4.00. The van der Waals surface area contributed by atoms with E-state index in [1.54, 1.807) is 13.8 Å². The van der Waals surface area contributed by atoms with Crippen LogP contribution in [-0.4, -0.2) is 50.7 Å². The van der Waals surface area contributed by atoms with E-state index >= 15 is 0 Å². The average molecular weight is 295 g/mol. The molecule has 0 radical (unpaired) electrons. The largest absolute Gasteiger partial charge is 0.480 e. The summed E-state index contributed by atoms with van der Waals surface area (Å²) in [6, 6.07) is -0.738. The number of carbonyl (C=O) groups is 2. The summed E-state index contributed by atoms with van der Waals surface area (Å²) in [5, 5.41) is 9.80. The van der Waals surface area contributed by atoms with Crippen LogP contribution >= 0.6 is 11.8 Å². The van der Waals surface area contributed by atoms with Gasteiger partial charge < -0.3 is 10.0 Å². The molecule has 0 unspecified atom stereocenters. The number of aromatic nitrogens is 2. The highest BCUT2D eigenvalue weighted by Gasteiger charge is 2.36. The van der Waals surface area contributed by atoms with Crippen LogP contribution in [0.3, 0.4) is 0 Å². The van der Waals surface area contributed by atoms with Crippen LogP contribution in [-0.2, 0) is 4.79 Å². The molecule has 1 saturated heterocycles. The number of aryl methyl sites for hydroxylation is 2. The molecule has 1 aliphatic rings. The summed E-state index contributed by atoms with van der Waals surface area (Å²) in [6.07, 6.45) is 3.06. The minimum Gasteiger partial charge on any atom is -0.480 e. The summed E-state index contributed by atoms with van der Waals surface area (Å²) in [5.74, 6) is -0.622. The van der Waals surface area contributed by atoms with Gasteiger partial charge in [-0.3, -0.25) is 4.79 Å². The number of thioether (sulfide) groups is 1. The molecule has 1 N–H and O–H groups in total. The Morgan fingerprint density at radius 2 is 2.05 bits per heavy atom. The van der Waals surface area contributed by atoms with Crippen LogP contribution < -0.4 is 0 Å². The fourth-order valence-corrected chi connectivity index (χ4v) is 3.15. The van der Waals surface area contributed by atoms with E-state index in [9.17, 15) is 14.7 Å². The Morgan fingerprint density at radius 1 is 1.35 bits per heavy atom. The lowest BCUT2D eigenvalue weighted by Crippen LogP contribution is -2.41. The molecule has 108 valence electrons. The number of likely N-dealkylation sites (tertiary alicyclic amines) is 1. The number of nitrogens with zero attached hydrogens (tertiary/aromatic N) is 3. The first-order valence-electron chi connectivity index (χ1n) is 6.38. The van der Waals surface area contributed by atoms with Crippen molar-refractivity contribution in [2.45, 2.75) is 37.8 Å². The number of rotatable bonds is 3. The van der Waals surface area contributed by atoms with Gasteiger partial charge in [-0.15, -0.1) is 11.8 Å². The van der Waals surface area contributed by atoms with Gasteiger partial charge in [-0.2, -0.15) is 0 Å². The van der Waals surface area contributed by atoms with E-state index in [4.69, 9.17) is 0 Å². The SMILES string of the molecule is CSc1nc(C)nc(C)c1C(=O)N1CCC[C@@H]1C(=O)O. The Morgan fingerprint density at radius 3 is 2.65 bits per heavy atom. The van der Waals surface area contributed by atoms with Crippen molar-refractivity contribution in [1.29, 1.82) is 0 Å². The van der Waals surface area contributed by atoms with E-state index < -0.39 is 12.0 Å². The molecule has 0 saturated carbocycles. The van der Waals surface area contributed by atoms with Crippen molar-refractivity contribution >= 4 is 23.6 Å². The fraction of sp³-hybridized carbons (Fsp3) is 0.538. The maximum atomic E-state index is 12.6. The molecule has 0 aromatic carbocycles. The second kappa shape index (κ2) is 5.78. The van der Waals surface area contributed by atoms with Crippen LogP contribution in [0, 0.1) is 13.8 Å². The van der Waals surface area contributed by atoms with Gasteiger partial charge in [0.15, 0.2) is 0 Å². The predicted octanol–water partition coefficient (Wildman–Crippen LogP) is 1.50. The first-order chi connectivity index (χ1) is 9.45. The van der Waals surface area contributed by atoms with Crippen molar-refractivity contribution in [3.05, 3.63) is 17.1 Å². The summed E-state index contributed by atoms with van der Waals surface area (Å²) in [5.41, 5.74) is 1.03. The van der Waals surface area contributed by atoms with Crippen LogP contribution in [0.4, 0.5) is 0 Å². The summed E-state index contributed by atoms with van der Waals surface area (Å²) >= 11 is 1.37. The Labute approximate surface area is 121 Å². The van der Waals surface area contributed by atoms with Crippen LogP contribution in [0.15, 0.2) is 5.03 Å². The molecule has 1 aliphatic heterocycles. The monoisotopic (exact) mass is 295 g/mol. The summed E-state index contributed by atoms with van der Waals surface area (Å²) < 4.78 is 0. The number of carbonyl (C=O) groups excluding carboxylic acids is 1. The first-order valence-corrected chi connectivity index (χ1v) is 7.61. The molecule has 1 aromatic rings. The molecular weight excluding hydrogens is 278 g/mol. The van der Waals surface area contributed by atoms with Gasteiger partial charge in [0, 0.05) is 6.54 Å². The smallest absolute Gasteiger partial charge is 0.326 e. The molecule has 20 heavy (non-hydrogen) atoms. The maximum Gasteiger partial charge on any atom is 0.326 e. The molecule has 0 aliphatic carbocycles. The van der Waals surface area contributed by atoms with Crippen LogP contribution in [0.2, 0.25) is 0 Å². The average Bonchev–Trinajstić information content (AvgIpc) is 2.86. The lowest BCUT2D eigenvalue weighted by Gasteiger charge is -2.23. The molecule has 2 heterocycles. The zero-order chi connectivity index (χ0) is 14.9. The predicted molar refractivity (Wildman–Crippen MR) is 75.0 cm³/mol. The Hall–Kier alpha value is -1.63. The van der Waals surface area contributed by atoms with E-state index in [2.05, 4.69) is 9.97 Å². The van der Waals surface area contributed by atoms with Gasteiger partial charge in [-0.05, 0) is 32.9 Å². The van der Waals surface area contributed by atoms with Gasteiger partial charge in [0.25, 0.3) is 5.91 Å². The van der Waals surface area contributed by atoms with E-state index in [1.807, 2.05) is 6.26 Å². The van der Waals surface area contributed by atoms with Crippen molar-refractivity contribution in [3.63, 3.8) is 0 Å². The van der Waals surface area contributed by atoms with E-state index in [1.165, 1.54) is 16.7 Å². The van der Waals surface area contributed by atoms with E-state index in [0.29, 0.717) is 41.5 Å². The van der Waals surface area contributed by atoms with Crippen molar-refractivity contribution in [2.24, 2.45) is 0 Å². The van der Waals surface area contributed by atoms with Gasteiger partial charge in [0.05, 0.1) is 11.3 Å². The Balaban J connectivity index is 2.41. The highest BCUT2D eigenvalue weighted by Crippen LogP contribution is 2.26. The van der Waals surface area contributed by atoms with Crippen LogP contribution in [0.25, 0.3) is 0 Å². The highest BCUT2D eigenvalue weighted by molar-refractivity contribution is 7.98. The molecule has 1 fully saturated rings. The van der Waals surface area contributed by atoms with Crippen molar-refractivity contribution < 1.29 is 14.7 Å². The number of hydrogen-bond acceptors (Lipinski definition) is 5. The number of aliphatic carboxylic acids is 1. The third-order valence-corrected chi connectivity index (χ3v) is 4.06. The molecular formula is C13H17N3O3S. The Kier molecular flexibility index (Phi) is 4.27. The Bertz CT molecular complexity index is 562. The molecule has 7 heteroatoms. The minimum atomic E-state index is -0.952. The normalized spacial score (nSPS) is 18.4. The third-order valence-electron chi connectivity index (χ3n) is 3.37. The standard InChI is InChI=1S/C13H17N3O3S/c1-7-10(11(20-3)15-8(2)14-7)12(17)16-6-4-5-9(16)13(18)19/h9H,4-6H2,1-3H3,(H,18,19)/t9-/m1/s1. The van der Waals surface area contributed by atoms with Gasteiger partial charge >= 0.3 is 5.97 Å². The third kappa shape index (κ3) is 2.63. The number of amides is 1. The van der Waals surface area contributed by atoms with Crippen molar-refractivity contribution in [1.82, 2.24) is 14.9 Å². The zero-order valence-electron chi connectivity index (χ0n) is 11.7. The summed E-state index contributed by atoms with van der Waals surface area (Å²) in [4.78, 5) is 33.8. The van der Waals surface area contributed by atoms with Gasteiger partial charge in [0.1, 0.15) is 16.9 Å². The van der Waals surface area contributed by atoms with Gasteiger partial charge in [-0.25, -0.2) is 14.8 Å². The second-order valence-corrected chi connectivity index (χ2v) is 5.53. The second-order valence-electron chi connectivity index (χ2n) is 4.74. The topological polar surface area (TPSA) is 83.4 Å². The highest BCUT2D eigenvalue weighted by atomic mass is 32.2. The maximum absolute atomic E-state index is 12.6. The van der Waals surface area contributed by atoms with Crippen molar-refractivity contribution in [2.75, 3.05) is 12.8 Å². The number of carboxylic acid groups (broad SMARTS) is 1. The molecule has 1 aromatic heterocycles. The van der Waals surface area contributed by atoms with Crippen molar-refractivity contribution in [3.8, 4) is 0 Å². The van der Waals surface area contributed by atoms with Crippen LogP contribution in [0.1, 0.15) is 34.7 Å². The lowest BCUT2D eigenvalue weighted by atomic mass is 10.2. The quantitative estimate of drug-likeness (QED) is 0.672. The van der Waals surface area contributed by atoms with Gasteiger partial charge in [-0.1, -0.05) is 0 Å². The number of carboxylic acids is 1. The lowest BCUT2D eigenvalue weighted by molar-refractivity contribution is -0.141. The minimum absolute atomic E-state index is 0.281. The van der Waals surface area contributed by atoms with Crippen LogP contribution in [0.5, 0.6) is 0 Å². The van der Waals surface area contributed by atoms with Gasteiger partial charge in [0.2, 0.25) is 0 Å². The molecule has 6 nitrogen and oxygen atoms in total. The molecule has 1 atom stereocenters. The van der Waals surface area contributed by atoms with E-state index in [-0.39, 0.29) is 5.91 Å². The van der Waals surface area contributed by atoms with E-state index in [0.717, 1.165) is 0 Å². The summed E-state index contributed by atoms with van der Waals surface area (Å²) in [7, 11) is 0. The molecule has 2 rings (SSSR count). The zero-order valence-corrected chi connectivity index (χ0v) is 12.5. The first kappa shape index (κ1) is 14.8. The molecule has 0 spiro atoms. The fourth-order valence-electron chi connectivity index (χ4n) is 2.49. The molecule has 0 bridgehead atoms. The molecule has 1 amide bonds. The number of hydrogen-bond donors (Lipinski definition) is 1.